The Morgan fingerprint density at radius 3 is 2.45 bits per heavy atom. The van der Waals surface area contributed by atoms with Gasteiger partial charge in [0, 0.05) is 0 Å². The zero-order chi connectivity index (χ0) is 8.85. The molecule has 4 nitrogen and oxygen atoms in total. The fourth-order valence-corrected chi connectivity index (χ4v) is 0.535. The second-order valence-corrected chi connectivity index (χ2v) is 2.34. The van der Waals surface area contributed by atoms with Crippen LogP contribution in [-0.2, 0) is 9.53 Å². The number of carbonyl (C=O) groups excluding carboxylic acids is 1. The van der Waals surface area contributed by atoms with Crippen LogP contribution in [0.3, 0.4) is 0 Å². The fraction of sp³-hybridized carbons (Fsp3) is 0.714. The molecule has 0 bridgehead atoms. The quantitative estimate of drug-likeness (QED) is 0.586. The Hall–Kier alpha value is -1.08. The van der Waals surface area contributed by atoms with Crippen molar-refractivity contribution in [1.29, 1.82) is 5.26 Å². The van der Waals surface area contributed by atoms with Gasteiger partial charge in [0.05, 0.1) is 12.2 Å². The van der Waals surface area contributed by atoms with Gasteiger partial charge in [-0.2, -0.15) is 5.26 Å². The number of carbonyl (C=O) groups is 1. The summed E-state index contributed by atoms with van der Waals surface area (Å²) in [5.41, 5.74) is 0. The van der Waals surface area contributed by atoms with E-state index < -0.39 is 12.0 Å². The van der Waals surface area contributed by atoms with E-state index in [-0.39, 0.29) is 6.10 Å². The van der Waals surface area contributed by atoms with Crippen LogP contribution in [0.25, 0.3) is 0 Å². The van der Waals surface area contributed by atoms with E-state index in [4.69, 9.17) is 10.00 Å². The van der Waals surface area contributed by atoms with Crippen molar-refractivity contribution in [3.05, 3.63) is 0 Å². The largest absolute Gasteiger partial charge is 0.461 e. The Balaban J connectivity index is 3.92. The smallest absolute Gasteiger partial charge is 0.338 e. The first-order valence-corrected chi connectivity index (χ1v) is 3.39. The number of hydrogen-bond donors (Lipinski definition) is 1. The van der Waals surface area contributed by atoms with Gasteiger partial charge in [-0.1, -0.05) is 0 Å². The van der Waals surface area contributed by atoms with E-state index in [9.17, 15) is 4.79 Å². The normalized spacial score (nSPS) is 12.3. The molecule has 0 aliphatic carbocycles. The monoisotopic (exact) mass is 156 g/mol. The van der Waals surface area contributed by atoms with Crippen molar-refractivity contribution < 1.29 is 9.53 Å². The number of nitrogens with zero attached hydrogens (tertiary/aromatic N) is 1. The van der Waals surface area contributed by atoms with Gasteiger partial charge in [0.15, 0.2) is 6.04 Å². The summed E-state index contributed by atoms with van der Waals surface area (Å²) in [4.78, 5) is 10.9. The van der Waals surface area contributed by atoms with E-state index in [2.05, 4.69) is 5.32 Å². The molecule has 1 unspecified atom stereocenters. The zero-order valence-corrected chi connectivity index (χ0v) is 6.92. The van der Waals surface area contributed by atoms with E-state index in [1.54, 1.807) is 19.9 Å². The Morgan fingerprint density at radius 1 is 1.64 bits per heavy atom. The maximum atomic E-state index is 10.9. The summed E-state index contributed by atoms with van der Waals surface area (Å²) in [5.74, 6) is -0.523. The minimum atomic E-state index is -0.850. The molecule has 1 atom stereocenters. The van der Waals surface area contributed by atoms with Crippen LogP contribution >= 0.6 is 0 Å². The number of esters is 1. The minimum Gasteiger partial charge on any atom is -0.461 e. The summed E-state index contributed by atoms with van der Waals surface area (Å²) in [7, 11) is 1.54. The highest BCUT2D eigenvalue weighted by Crippen LogP contribution is 1.92. The fourth-order valence-electron chi connectivity index (χ4n) is 0.535. The second kappa shape index (κ2) is 4.69. The standard InChI is InChI=1S/C7H12N2O2/c1-5(2)11-7(10)6(4-8)9-3/h5-6,9H,1-3H3. The van der Waals surface area contributed by atoms with Crippen LogP contribution in [0.2, 0.25) is 0 Å². The lowest BCUT2D eigenvalue weighted by molar-refractivity contribution is -0.148. The molecule has 0 aliphatic heterocycles. The summed E-state index contributed by atoms with van der Waals surface area (Å²) in [5, 5.41) is 10.9. The van der Waals surface area contributed by atoms with Crippen molar-refractivity contribution in [1.82, 2.24) is 5.32 Å². The van der Waals surface area contributed by atoms with Crippen molar-refractivity contribution in [3.8, 4) is 6.07 Å². The molecule has 0 aliphatic rings. The van der Waals surface area contributed by atoms with Gasteiger partial charge in [0.25, 0.3) is 0 Å². The number of rotatable bonds is 3. The summed E-state index contributed by atoms with van der Waals surface area (Å²) in [6, 6.07) is 0.922. The first kappa shape index (κ1) is 9.92. The predicted octanol–water partition coefficient (Wildman–Crippen LogP) is 0.0496. The third kappa shape index (κ3) is 3.58. The molecule has 0 amide bonds. The van der Waals surface area contributed by atoms with Gasteiger partial charge in [-0.15, -0.1) is 0 Å². The van der Waals surface area contributed by atoms with Gasteiger partial charge >= 0.3 is 5.97 Å². The minimum absolute atomic E-state index is 0.174. The van der Waals surface area contributed by atoms with Gasteiger partial charge in [-0.25, -0.2) is 4.79 Å². The molecule has 0 aromatic heterocycles. The number of nitriles is 1. The predicted molar refractivity (Wildman–Crippen MR) is 39.7 cm³/mol. The maximum absolute atomic E-state index is 10.9. The molecule has 0 saturated carbocycles. The Bertz CT molecular complexity index is 172. The average molecular weight is 156 g/mol. The van der Waals surface area contributed by atoms with Crippen molar-refractivity contribution >= 4 is 5.97 Å². The Kier molecular flexibility index (Phi) is 4.23. The van der Waals surface area contributed by atoms with Crippen molar-refractivity contribution in [2.24, 2.45) is 0 Å². The number of ether oxygens (including phenoxy) is 1. The van der Waals surface area contributed by atoms with Crippen molar-refractivity contribution in [2.75, 3.05) is 7.05 Å². The van der Waals surface area contributed by atoms with Crippen LogP contribution in [-0.4, -0.2) is 25.2 Å². The molecule has 4 heteroatoms. The Morgan fingerprint density at radius 2 is 2.18 bits per heavy atom. The van der Waals surface area contributed by atoms with Crippen LogP contribution < -0.4 is 5.32 Å². The van der Waals surface area contributed by atoms with Gasteiger partial charge in [0.2, 0.25) is 0 Å². The molecule has 0 fully saturated rings. The van der Waals surface area contributed by atoms with E-state index in [1.165, 1.54) is 7.05 Å². The lowest BCUT2D eigenvalue weighted by atomic mass is 10.3. The molecule has 0 aromatic rings. The summed E-state index contributed by atoms with van der Waals surface area (Å²) < 4.78 is 4.77. The molecule has 1 N–H and O–H groups in total. The van der Waals surface area contributed by atoms with E-state index in [0.29, 0.717) is 0 Å². The highest BCUT2D eigenvalue weighted by Gasteiger charge is 2.17. The second-order valence-electron chi connectivity index (χ2n) is 2.34. The molecule has 0 spiro atoms. The molecule has 0 aromatic carbocycles. The number of nitrogens with one attached hydrogen (secondary N) is 1. The van der Waals surface area contributed by atoms with Crippen LogP contribution in [0.4, 0.5) is 0 Å². The highest BCUT2D eigenvalue weighted by atomic mass is 16.5. The molecular weight excluding hydrogens is 144 g/mol. The van der Waals surface area contributed by atoms with Crippen LogP contribution in [0.5, 0.6) is 0 Å². The van der Waals surface area contributed by atoms with Gasteiger partial charge in [-0.05, 0) is 20.9 Å². The number of hydrogen-bond acceptors (Lipinski definition) is 4. The summed E-state index contributed by atoms with van der Waals surface area (Å²) in [6.45, 7) is 3.48. The van der Waals surface area contributed by atoms with Gasteiger partial charge in [-0.3, -0.25) is 5.32 Å². The zero-order valence-electron chi connectivity index (χ0n) is 6.92. The molecule has 11 heavy (non-hydrogen) atoms. The van der Waals surface area contributed by atoms with Crippen molar-refractivity contribution in [3.63, 3.8) is 0 Å². The molecular formula is C7H12N2O2. The van der Waals surface area contributed by atoms with E-state index in [1.807, 2.05) is 0 Å². The van der Waals surface area contributed by atoms with E-state index >= 15 is 0 Å². The van der Waals surface area contributed by atoms with Crippen LogP contribution in [0.15, 0.2) is 0 Å². The topological polar surface area (TPSA) is 62.1 Å². The van der Waals surface area contributed by atoms with Crippen LogP contribution in [0.1, 0.15) is 13.8 Å². The summed E-state index contributed by atoms with van der Waals surface area (Å²) >= 11 is 0. The Labute approximate surface area is 66.1 Å². The first-order valence-electron chi connectivity index (χ1n) is 3.39. The molecule has 0 saturated heterocycles. The lowest BCUT2D eigenvalue weighted by Gasteiger charge is -2.10. The SMILES string of the molecule is CNC(C#N)C(=O)OC(C)C. The molecule has 0 heterocycles. The van der Waals surface area contributed by atoms with Crippen molar-refractivity contribution in [2.45, 2.75) is 26.0 Å². The highest BCUT2D eigenvalue weighted by molar-refractivity contribution is 5.78. The van der Waals surface area contributed by atoms with Gasteiger partial charge in [0.1, 0.15) is 0 Å². The maximum Gasteiger partial charge on any atom is 0.338 e. The molecule has 62 valence electrons. The first-order chi connectivity index (χ1) is 5.11. The summed E-state index contributed by atoms with van der Waals surface area (Å²) in [6.07, 6.45) is -0.174. The molecule has 0 radical (unpaired) electrons. The van der Waals surface area contributed by atoms with Crippen LogP contribution in [0, 0.1) is 11.3 Å². The third-order valence-electron chi connectivity index (χ3n) is 1.01. The number of likely N-dealkylation sites (N-methyl/N-ethyl adjacent to an activating group) is 1. The lowest BCUT2D eigenvalue weighted by Crippen LogP contribution is -2.35. The van der Waals surface area contributed by atoms with E-state index in [0.717, 1.165) is 0 Å². The third-order valence-corrected chi connectivity index (χ3v) is 1.01. The molecule has 0 rings (SSSR count). The average Bonchev–Trinajstić information content (AvgIpc) is 1.88. The van der Waals surface area contributed by atoms with Gasteiger partial charge < -0.3 is 4.74 Å².